The molecule has 1 aromatic carbocycles. The average molecular weight is 365 g/mol. The van der Waals surface area contributed by atoms with Crippen molar-refractivity contribution in [2.45, 2.75) is 57.5 Å². The Morgan fingerprint density at radius 3 is 2.41 bits per heavy atom. The van der Waals surface area contributed by atoms with E-state index in [1.165, 1.54) is 69.4 Å². The van der Waals surface area contributed by atoms with Crippen molar-refractivity contribution in [1.29, 1.82) is 0 Å². The topological polar surface area (TPSA) is 6.48 Å². The number of benzene rings is 1. The molecule has 1 heterocycles. The Bertz CT molecular complexity index is 617. The Morgan fingerprint density at radius 2 is 1.78 bits per heavy atom. The van der Waals surface area contributed by atoms with E-state index in [0.717, 1.165) is 12.5 Å². The average Bonchev–Trinajstić information content (AvgIpc) is 2.74. The molecule has 2 nitrogen and oxygen atoms in total. The molecule has 1 aromatic rings. The molecule has 0 N–H and O–H groups in total. The van der Waals surface area contributed by atoms with E-state index in [9.17, 15) is 0 Å². The van der Waals surface area contributed by atoms with Crippen LogP contribution in [0.4, 0.5) is 0 Å². The van der Waals surface area contributed by atoms with Crippen molar-refractivity contribution in [2.75, 3.05) is 26.2 Å². The Hall–Kier alpha value is -1.64. The summed E-state index contributed by atoms with van der Waals surface area (Å²) in [6.45, 7) is 10.8. The van der Waals surface area contributed by atoms with E-state index in [2.05, 4.69) is 71.9 Å². The fourth-order valence-electron chi connectivity index (χ4n) is 4.77. The predicted molar refractivity (Wildman–Crippen MR) is 117 cm³/mol. The van der Waals surface area contributed by atoms with Crippen LogP contribution in [0, 0.1) is 0 Å². The molecule has 2 aliphatic rings. The van der Waals surface area contributed by atoms with Gasteiger partial charge in [-0.1, -0.05) is 80.5 Å². The van der Waals surface area contributed by atoms with Crippen LogP contribution in [0.5, 0.6) is 0 Å². The van der Waals surface area contributed by atoms with E-state index in [-0.39, 0.29) is 0 Å². The standard InChI is InChI=1S/C25H36N2/c1-3-11-22(12-4-2)21-25(23-13-7-5-8-14-23)27-19-17-26(18-20-27)24-15-9-6-10-16-24/h3-5,7-8,11-14,24-25H,1,6,9-10,15-21H2,2H3/b12-4-,22-11+. The molecule has 0 aromatic heterocycles. The van der Waals surface area contributed by atoms with Crippen molar-refractivity contribution in [3.8, 4) is 0 Å². The first-order valence-electron chi connectivity index (χ1n) is 10.8. The monoisotopic (exact) mass is 364 g/mol. The van der Waals surface area contributed by atoms with Crippen molar-refractivity contribution in [1.82, 2.24) is 9.80 Å². The molecule has 1 saturated heterocycles. The summed E-state index contributed by atoms with van der Waals surface area (Å²) in [6, 6.07) is 12.3. The molecule has 2 heteroatoms. The van der Waals surface area contributed by atoms with Gasteiger partial charge in [-0.25, -0.2) is 0 Å². The minimum Gasteiger partial charge on any atom is -0.298 e. The number of rotatable bonds is 7. The summed E-state index contributed by atoms with van der Waals surface area (Å²) in [5.74, 6) is 0. The van der Waals surface area contributed by atoms with E-state index >= 15 is 0 Å². The number of hydrogen-bond donors (Lipinski definition) is 0. The lowest BCUT2D eigenvalue weighted by atomic mass is 9.93. The van der Waals surface area contributed by atoms with Crippen LogP contribution < -0.4 is 0 Å². The fourth-order valence-corrected chi connectivity index (χ4v) is 4.77. The summed E-state index contributed by atoms with van der Waals surface area (Å²) in [6.07, 6.45) is 16.6. The molecule has 27 heavy (non-hydrogen) atoms. The summed E-state index contributed by atoms with van der Waals surface area (Å²) in [5, 5.41) is 0. The third-order valence-corrected chi connectivity index (χ3v) is 6.21. The second-order valence-corrected chi connectivity index (χ2v) is 7.97. The highest BCUT2D eigenvalue weighted by atomic mass is 15.3. The zero-order valence-corrected chi connectivity index (χ0v) is 17.0. The number of piperazine rings is 1. The molecule has 1 aliphatic heterocycles. The Morgan fingerprint density at radius 1 is 1.07 bits per heavy atom. The van der Waals surface area contributed by atoms with Gasteiger partial charge >= 0.3 is 0 Å². The minimum absolute atomic E-state index is 0.446. The first-order chi connectivity index (χ1) is 13.3. The van der Waals surface area contributed by atoms with Gasteiger partial charge in [-0.15, -0.1) is 0 Å². The molecule has 0 radical (unpaired) electrons. The van der Waals surface area contributed by atoms with Crippen LogP contribution in [-0.4, -0.2) is 42.0 Å². The minimum atomic E-state index is 0.446. The van der Waals surface area contributed by atoms with Crippen LogP contribution in [0.2, 0.25) is 0 Å². The first kappa shape index (κ1) is 20.1. The summed E-state index contributed by atoms with van der Waals surface area (Å²) < 4.78 is 0. The van der Waals surface area contributed by atoms with E-state index in [0.29, 0.717) is 6.04 Å². The quantitative estimate of drug-likeness (QED) is 0.568. The molecule has 1 atom stereocenters. The van der Waals surface area contributed by atoms with Crippen LogP contribution >= 0.6 is 0 Å². The fraction of sp³-hybridized carbons (Fsp3) is 0.520. The maximum Gasteiger partial charge on any atom is 0.0389 e. The molecule has 3 rings (SSSR count). The molecule has 0 amide bonds. The molecule has 1 unspecified atom stereocenters. The molecular formula is C25H36N2. The van der Waals surface area contributed by atoms with Gasteiger partial charge in [0.15, 0.2) is 0 Å². The second-order valence-electron chi connectivity index (χ2n) is 7.97. The number of hydrogen-bond acceptors (Lipinski definition) is 2. The van der Waals surface area contributed by atoms with Crippen molar-refractivity contribution < 1.29 is 0 Å². The number of nitrogens with zero attached hydrogens (tertiary/aromatic N) is 2. The van der Waals surface area contributed by atoms with Crippen LogP contribution in [0.1, 0.15) is 57.1 Å². The summed E-state index contributed by atoms with van der Waals surface area (Å²) >= 11 is 0. The molecule has 0 bridgehead atoms. The zero-order chi connectivity index (χ0) is 18.9. The highest BCUT2D eigenvalue weighted by molar-refractivity contribution is 5.28. The molecule has 2 fully saturated rings. The van der Waals surface area contributed by atoms with Gasteiger partial charge in [0, 0.05) is 38.3 Å². The van der Waals surface area contributed by atoms with Crippen LogP contribution in [-0.2, 0) is 0 Å². The van der Waals surface area contributed by atoms with Crippen LogP contribution in [0.15, 0.2) is 66.8 Å². The van der Waals surface area contributed by atoms with Crippen molar-refractivity contribution in [2.24, 2.45) is 0 Å². The largest absolute Gasteiger partial charge is 0.298 e. The Kier molecular flexibility index (Phi) is 7.92. The first-order valence-corrected chi connectivity index (χ1v) is 10.8. The van der Waals surface area contributed by atoms with Gasteiger partial charge in [0.25, 0.3) is 0 Å². The predicted octanol–water partition coefficient (Wildman–Crippen LogP) is 5.76. The summed E-state index contributed by atoms with van der Waals surface area (Å²) in [4.78, 5) is 5.47. The van der Waals surface area contributed by atoms with E-state index in [1.54, 1.807) is 0 Å². The third-order valence-electron chi connectivity index (χ3n) is 6.21. The molecule has 1 saturated carbocycles. The van der Waals surface area contributed by atoms with Gasteiger partial charge in [-0.2, -0.15) is 0 Å². The Labute approximate surface area is 166 Å². The van der Waals surface area contributed by atoms with Gasteiger partial charge in [-0.05, 0) is 37.3 Å². The molecule has 1 aliphatic carbocycles. The van der Waals surface area contributed by atoms with Crippen LogP contribution in [0.3, 0.4) is 0 Å². The van der Waals surface area contributed by atoms with Gasteiger partial charge < -0.3 is 0 Å². The van der Waals surface area contributed by atoms with Crippen molar-refractivity contribution in [3.63, 3.8) is 0 Å². The second kappa shape index (κ2) is 10.6. The molecule has 0 spiro atoms. The van der Waals surface area contributed by atoms with E-state index in [1.807, 2.05) is 6.08 Å². The summed E-state index contributed by atoms with van der Waals surface area (Å²) in [5.41, 5.74) is 2.79. The highest BCUT2D eigenvalue weighted by Crippen LogP contribution is 2.31. The lowest BCUT2D eigenvalue weighted by Crippen LogP contribution is -2.51. The smallest absolute Gasteiger partial charge is 0.0389 e. The molecular weight excluding hydrogens is 328 g/mol. The van der Waals surface area contributed by atoms with Crippen LogP contribution in [0.25, 0.3) is 0 Å². The van der Waals surface area contributed by atoms with Gasteiger partial charge in [0.05, 0.1) is 0 Å². The zero-order valence-electron chi connectivity index (χ0n) is 17.0. The Balaban J connectivity index is 1.70. The molecule has 146 valence electrons. The maximum absolute atomic E-state index is 3.91. The third kappa shape index (κ3) is 5.67. The maximum atomic E-state index is 3.91. The lowest BCUT2D eigenvalue weighted by Gasteiger charge is -2.43. The lowest BCUT2D eigenvalue weighted by molar-refractivity contribution is 0.0561. The van der Waals surface area contributed by atoms with Gasteiger partial charge in [0.1, 0.15) is 0 Å². The highest BCUT2D eigenvalue weighted by Gasteiger charge is 2.29. The van der Waals surface area contributed by atoms with E-state index < -0.39 is 0 Å². The van der Waals surface area contributed by atoms with Gasteiger partial charge in [-0.3, -0.25) is 9.80 Å². The van der Waals surface area contributed by atoms with Crippen molar-refractivity contribution in [3.05, 3.63) is 72.4 Å². The normalized spacial score (nSPS) is 22.2. The van der Waals surface area contributed by atoms with E-state index in [4.69, 9.17) is 0 Å². The summed E-state index contributed by atoms with van der Waals surface area (Å²) in [7, 11) is 0. The van der Waals surface area contributed by atoms with Crippen molar-refractivity contribution >= 4 is 0 Å². The number of allylic oxidation sites excluding steroid dienone is 4. The van der Waals surface area contributed by atoms with Gasteiger partial charge in [0.2, 0.25) is 0 Å². The SMILES string of the molecule is C=C/C=C(\C=C/C)CC(c1ccccc1)N1CCN(C2CCCCC2)CC1.